The van der Waals surface area contributed by atoms with Gasteiger partial charge in [0.1, 0.15) is 6.54 Å². The van der Waals surface area contributed by atoms with Crippen molar-refractivity contribution in [2.75, 3.05) is 18.4 Å². The Balaban J connectivity index is 2.60. The molecule has 0 bridgehead atoms. The Kier molecular flexibility index (Phi) is 5.58. The highest BCUT2D eigenvalue weighted by atomic mass is 79.9. The van der Waals surface area contributed by atoms with Gasteiger partial charge < -0.3 is 10.2 Å². The van der Waals surface area contributed by atoms with Crippen LogP contribution in [0, 0.1) is 0 Å². The molecule has 2 amide bonds. The fourth-order valence-electron chi connectivity index (χ4n) is 1.40. The third-order valence-corrected chi connectivity index (χ3v) is 2.73. The van der Waals surface area contributed by atoms with Crippen LogP contribution in [0.5, 0.6) is 0 Å². The number of rotatable bonds is 5. The molecule has 0 aliphatic heterocycles. The first-order chi connectivity index (χ1) is 8.52. The quantitative estimate of drug-likeness (QED) is 0.849. The Morgan fingerprint density at radius 3 is 2.78 bits per heavy atom. The fraction of sp³-hybridized carbons (Fsp3) is 0.231. The zero-order valence-corrected chi connectivity index (χ0v) is 11.7. The lowest BCUT2D eigenvalue weighted by atomic mass is 10.3. The molecule has 4 nitrogen and oxygen atoms in total. The van der Waals surface area contributed by atoms with Crippen molar-refractivity contribution in [3.8, 4) is 0 Å². The van der Waals surface area contributed by atoms with Crippen LogP contribution in [0.15, 0.2) is 41.4 Å². The van der Waals surface area contributed by atoms with Crippen molar-refractivity contribution < 1.29 is 9.59 Å². The highest BCUT2D eigenvalue weighted by molar-refractivity contribution is 9.10. The summed E-state index contributed by atoms with van der Waals surface area (Å²) in [6.45, 7) is 5.36. The van der Waals surface area contributed by atoms with Crippen LogP contribution >= 0.6 is 15.9 Å². The molecule has 0 heterocycles. The topological polar surface area (TPSA) is 49.4 Å². The minimum atomic E-state index is -0.231. The summed E-state index contributed by atoms with van der Waals surface area (Å²) in [5.41, 5.74) is 0.691. The van der Waals surface area contributed by atoms with Gasteiger partial charge in [-0.25, -0.2) is 0 Å². The number of hydrogen-bond acceptors (Lipinski definition) is 2. The van der Waals surface area contributed by atoms with E-state index in [4.69, 9.17) is 0 Å². The normalized spacial score (nSPS) is 9.67. The molecule has 0 radical (unpaired) electrons. The van der Waals surface area contributed by atoms with E-state index >= 15 is 0 Å². The number of amides is 2. The van der Waals surface area contributed by atoms with Gasteiger partial charge in [0.05, 0.1) is 0 Å². The van der Waals surface area contributed by atoms with Crippen LogP contribution in [0.3, 0.4) is 0 Å². The second-order valence-corrected chi connectivity index (χ2v) is 4.66. The largest absolute Gasteiger partial charge is 0.330 e. The minimum Gasteiger partial charge on any atom is -0.330 e. The monoisotopic (exact) mass is 310 g/mol. The Morgan fingerprint density at radius 1 is 1.50 bits per heavy atom. The second kappa shape index (κ2) is 6.96. The summed E-state index contributed by atoms with van der Waals surface area (Å²) in [5.74, 6) is -0.385. The molecule has 96 valence electrons. The molecule has 18 heavy (non-hydrogen) atoms. The molecule has 1 aromatic rings. The molecule has 0 spiro atoms. The molecule has 0 unspecified atom stereocenters. The van der Waals surface area contributed by atoms with Crippen LogP contribution in [0.25, 0.3) is 0 Å². The lowest BCUT2D eigenvalue weighted by Crippen LogP contribution is -2.36. The molecule has 0 aliphatic carbocycles. The van der Waals surface area contributed by atoms with Crippen molar-refractivity contribution in [2.24, 2.45) is 0 Å². The Morgan fingerprint density at radius 2 is 2.22 bits per heavy atom. The summed E-state index contributed by atoms with van der Waals surface area (Å²) < 4.78 is 0.884. The maximum atomic E-state index is 11.8. The van der Waals surface area contributed by atoms with E-state index in [0.717, 1.165) is 4.47 Å². The molecular formula is C13H15BrN2O2. The molecule has 0 saturated heterocycles. The van der Waals surface area contributed by atoms with Crippen molar-refractivity contribution >= 4 is 33.4 Å². The molecule has 0 aliphatic rings. The predicted octanol–water partition coefficient (Wildman–Crippen LogP) is 2.42. The van der Waals surface area contributed by atoms with E-state index in [9.17, 15) is 9.59 Å². The lowest BCUT2D eigenvalue weighted by molar-refractivity contribution is -0.132. The van der Waals surface area contributed by atoms with Gasteiger partial charge in [-0.3, -0.25) is 9.59 Å². The van der Waals surface area contributed by atoms with Gasteiger partial charge in [-0.05, 0) is 18.2 Å². The highest BCUT2D eigenvalue weighted by Gasteiger charge is 2.12. The predicted molar refractivity (Wildman–Crippen MR) is 75.2 cm³/mol. The Hall–Kier alpha value is -1.62. The summed E-state index contributed by atoms with van der Waals surface area (Å²) in [7, 11) is 0. The second-order valence-electron chi connectivity index (χ2n) is 3.75. The SMILES string of the molecule is C=CCN(CC(=O)Nc1cccc(Br)c1)C(C)=O. The van der Waals surface area contributed by atoms with E-state index in [2.05, 4.69) is 27.8 Å². The molecule has 0 atom stereocenters. The average molecular weight is 311 g/mol. The smallest absolute Gasteiger partial charge is 0.244 e. The zero-order chi connectivity index (χ0) is 13.5. The molecule has 1 N–H and O–H groups in total. The summed E-state index contributed by atoms with van der Waals surface area (Å²) in [6.07, 6.45) is 1.59. The van der Waals surface area contributed by atoms with Gasteiger partial charge in [-0.2, -0.15) is 0 Å². The van der Waals surface area contributed by atoms with Gasteiger partial charge in [0.15, 0.2) is 0 Å². The number of nitrogens with one attached hydrogen (secondary N) is 1. The van der Waals surface area contributed by atoms with E-state index in [0.29, 0.717) is 12.2 Å². The number of carbonyl (C=O) groups excluding carboxylic acids is 2. The average Bonchev–Trinajstić information content (AvgIpc) is 2.28. The summed E-state index contributed by atoms with van der Waals surface area (Å²) in [4.78, 5) is 24.4. The molecular weight excluding hydrogens is 296 g/mol. The number of anilines is 1. The van der Waals surface area contributed by atoms with Crippen molar-refractivity contribution in [2.45, 2.75) is 6.92 Å². The van der Waals surface area contributed by atoms with E-state index in [1.54, 1.807) is 18.2 Å². The summed E-state index contributed by atoms with van der Waals surface area (Å²) >= 11 is 3.32. The van der Waals surface area contributed by atoms with Crippen molar-refractivity contribution in [3.05, 3.63) is 41.4 Å². The van der Waals surface area contributed by atoms with Gasteiger partial charge in [-0.15, -0.1) is 6.58 Å². The fourth-order valence-corrected chi connectivity index (χ4v) is 1.80. The van der Waals surface area contributed by atoms with Crippen molar-refractivity contribution in [1.29, 1.82) is 0 Å². The maximum absolute atomic E-state index is 11.8. The van der Waals surface area contributed by atoms with E-state index in [1.807, 2.05) is 12.1 Å². The summed E-state index contributed by atoms with van der Waals surface area (Å²) in [6, 6.07) is 7.28. The first-order valence-corrected chi connectivity index (χ1v) is 6.24. The molecule has 5 heteroatoms. The van der Waals surface area contributed by atoms with Crippen LogP contribution in [-0.4, -0.2) is 29.8 Å². The van der Waals surface area contributed by atoms with Crippen LogP contribution in [0.1, 0.15) is 6.92 Å². The number of hydrogen-bond donors (Lipinski definition) is 1. The van der Waals surface area contributed by atoms with E-state index in [-0.39, 0.29) is 18.4 Å². The van der Waals surface area contributed by atoms with Crippen molar-refractivity contribution in [3.63, 3.8) is 0 Å². The third-order valence-electron chi connectivity index (χ3n) is 2.24. The van der Waals surface area contributed by atoms with Crippen LogP contribution in [-0.2, 0) is 9.59 Å². The number of carbonyl (C=O) groups is 2. The standard InChI is InChI=1S/C13H15BrN2O2/c1-3-7-16(10(2)17)9-13(18)15-12-6-4-5-11(14)8-12/h3-6,8H,1,7,9H2,2H3,(H,15,18). The first kappa shape index (κ1) is 14.4. The number of nitrogens with zero attached hydrogens (tertiary/aromatic N) is 1. The maximum Gasteiger partial charge on any atom is 0.244 e. The van der Waals surface area contributed by atoms with Crippen LogP contribution < -0.4 is 5.32 Å². The number of benzene rings is 1. The molecule has 0 aromatic heterocycles. The van der Waals surface area contributed by atoms with Crippen molar-refractivity contribution in [1.82, 2.24) is 4.90 Å². The molecule has 1 aromatic carbocycles. The van der Waals surface area contributed by atoms with Gasteiger partial charge >= 0.3 is 0 Å². The summed E-state index contributed by atoms with van der Waals surface area (Å²) in [5, 5.41) is 2.73. The number of halogens is 1. The van der Waals surface area contributed by atoms with E-state index in [1.165, 1.54) is 11.8 Å². The molecule has 0 saturated carbocycles. The lowest BCUT2D eigenvalue weighted by Gasteiger charge is -2.18. The third kappa shape index (κ3) is 4.71. The van der Waals surface area contributed by atoms with Gasteiger partial charge in [0, 0.05) is 23.6 Å². The molecule has 0 fully saturated rings. The Bertz CT molecular complexity index is 460. The molecule has 1 rings (SSSR count). The highest BCUT2D eigenvalue weighted by Crippen LogP contribution is 2.15. The van der Waals surface area contributed by atoms with Gasteiger partial charge in [0.25, 0.3) is 0 Å². The minimum absolute atomic E-state index is 0.0217. The van der Waals surface area contributed by atoms with E-state index < -0.39 is 0 Å². The first-order valence-electron chi connectivity index (χ1n) is 5.44. The zero-order valence-electron chi connectivity index (χ0n) is 10.1. The van der Waals surface area contributed by atoms with Crippen LogP contribution in [0.4, 0.5) is 5.69 Å². The van der Waals surface area contributed by atoms with Gasteiger partial charge in [-0.1, -0.05) is 28.1 Å². The van der Waals surface area contributed by atoms with Gasteiger partial charge in [0.2, 0.25) is 11.8 Å². The Labute approximate surface area is 115 Å². The van der Waals surface area contributed by atoms with Crippen LogP contribution in [0.2, 0.25) is 0 Å².